The molecule has 1 heterocycles. The number of nitrogens with one attached hydrogen (secondary N) is 2. The van der Waals surface area contributed by atoms with E-state index in [1.54, 1.807) is 31.4 Å². The van der Waals surface area contributed by atoms with Crippen molar-refractivity contribution in [1.82, 2.24) is 5.32 Å². The number of carbonyl (C=O) groups excluding carboxylic acids is 2. The molecule has 0 radical (unpaired) electrons. The first-order valence-corrected chi connectivity index (χ1v) is 8.25. The second-order valence-corrected chi connectivity index (χ2v) is 6.79. The highest BCUT2D eigenvalue weighted by Crippen LogP contribution is 2.29. The molecule has 1 saturated carbocycles. The van der Waals surface area contributed by atoms with E-state index in [9.17, 15) is 9.59 Å². The molecule has 0 bridgehead atoms. The summed E-state index contributed by atoms with van der Waals surface area (Å²) in [4.78, 5) is 25.8. The van der Waals surface area contributed by atoms with Crippen LogP contribution in [0, 0.1) is 6.92 Å². The Hall–Kier alpha value is -2.34. The van der Waals surface area contributed by atoms with Gasteiger partial charge in [-0.3, -0.25) is 9.59 Å². The minimum absolute atomic E-state index is 0.0686. The van der Waals surface area contributed by atoms with Crippen molar-refractivity contribution in [1.29, 1.82) is 0 Å². The van der Waals surface area contributed by atoms with E-state index in [0.29, 0.717) is 27.9 Å². The van der Waals surface area contributed by atoms with Gasteiger partial charge in [-0.2, -0.15) is 0 Å². The Labute approximate surface area is 138 Å². The van der Waals surface area contributed by atoms with Crippen LogP contribution in [0.25, 0.3) is 0 Å². The average Bonchev–Trinajstić information content (AvgIpc) is 3.27. The number of carbonyl (C=O) groups is 2. The number of anilines is 1. The molecule has 0 atom stereocenters. The molecule has 6 heteroatoms. The third-order valence-corrected chi connectivity index (χ3v) is 4.60. The highest BCUT2D eigenvalue weighted by Gasteiger charge is 2.23. The monoisotopic (exact) mass is 330 g/mol. The Morgan fingerprint density at radius 1 is 1.17 bits per heavy atom. The van der Waals surface area contributed by atoms with E-state index in [0.717, 1.165) is 17.7 Å². The van der Waals surface area contributed by atoms with Crippen LogP contribution in [0.5, 0.6) is 5.75 Å². The van der Waals surface area contributed by atoms with E-state index >= 15 is 0 Å². The zero-order valence-corrected chi connectivity index (χ0v) is 13.8. The lowest BCUT2D eigenvalue weighted by Crippen LogP contribution is -2.25. The summed E-state index contributed by atoms with van der Waals surface area (Å²) in [7, 11) is 1.55. The average molecular weight is 330 g/mol. The van der Waals surface area contributed by atoms with Crippen molar-refractivity contribution < 1.29 is 14.3 Å². The van der Waals surface area contributed by atoms with E-state index in [4.69, 9.17) is 4.74 Å². The van der Waals surface area contributed by atoms with Crippen molar-refractivity contribution in [3.05, 3.63) is 45.6 Å². The van der Waals surface area contributed by atoms with Crippen LogP contribution in [-0.2, 0) is 0 Å². The molecule has 3 rings (SSSR count). The number of thiophene rings is 1. The zero-order valence-electron chi connectivity index (χ0n) is 13.0. The zero-order chi connectivity index (χ0) is 16.4. The number of ether oxygens (including phenoxy) is 1. The molecule has 2 N–H and O–H groups in total. The molecule has 120 valence electrons. The summed E-state index contributed by atoms with van der Waals surface area (Å²) in [6.07, 6.45) is 2.11. The Morgan fingerprint density at radius 2 is 1.87 bits per heavy atom. The van der Waals surface area contributed by atoms with Gasteiger partial charge in [0.1, 0.15) is 10.6 Å². The van der Waals surface area contributed by atoms with Gasteiger partial charge in [-0.25, -0.2) is 0 Å². The number of hydrogen-bond acceptors (Lipinski definition) is 4. The first-order valence-electron chi connectivity index (χ1n) is 7.43. The lowest BCUT2D eigenvalue weighted by atomic mass is 10.2. The third-order valence-electron chi connectivity index (χ3n) is 3.56. The third kappa shape index (κ3) is 3.71. The summed E-state index contributed by atoms with van der Waals surface area (Å²) in [6, 6.07) is 9.05. The molecular weight excluding hydrogens is 312 g/mol. The van der Waals surface area contributed by atoms with Gasteiger partial charge in [0.25, 0.3) is 11.8 Å². The molecule has 2 amide bonds. The number of rotatable bonds is 5. The first-order chi connectivity index (χ1) is 11.1. The predicted molar refractivity (Wildman–Crippen MR) is 90.5 cm³/mol. The van der Waals surface area contributed by atoms with Gasteiger partial charge in [-0.1, -0.05) is 0 Å². The summed E-state index contributed by atoms with van der Waals surface area (Å²) < 4.78 is 5.22. The summed E-state index contributed by atoms with van der Waals surface area (Å²) in [5, 5.41) is 5.76. The SMILES string of the molecule is COc1cc(C)sc1C(=O)Nc1ccc(C(=O)NC2CC2)cc1. The van der Waals surface area contributed by atoms with Gasteiger partial charge in [0.05, 0.1) is 7.11 Å². The van der Waals surface area contributed by atoms with Crippen LogP contribution in [0.15, 0.2) is 30.3 Å². The predicted octanol–water partition coefficient (Wildman–Crippen LogP) is 3.21. The topological polar surface area (TPSA) is 67.4 Å². The number of hydrogen-bond donors (Lipinski definition) is 2. The van der Waals surface area contributed by atoms with Crippen molar-refractivity contribution in [3.8, 4) is 5.75 Å². The van der Waals surface area contributed by atoms with Crippen molar-refractivity contribution in [2.24, 2.45) is 0 Å². The van der Waals surface area contributed by atoms with Crippen LogP contribution in [0.4, 0.5) is 5.69 Å². The maximum Gasteiger partial charge on any atom is 0.269 e. The maximum atomic E-state index is 12.3. The molecule has 0 aliphatic heterocycles. The lowest BCUT2D eigenvalue weighted by molar-refractivity contribution is 0.0950. The van der Waals surface area contributed by atoms with E-state index < -0.39 is 0 Å². The molecule has 0 spiro atoms. The van der Waals surface area contributed by atoms with Crippen molar-refractivity contribution in [3.63, 3.8) is 0 Å². The molecule has 0 unspecified atom stereocenters. The fourth-order valence-electron chi connectivity index (χ4n) is 2.19. The van der Waals surface area contributed by atoms with Gasteiger partial charge < -0.3 is 15.4 Å². The van der Waals surface area contributed by atoms with E-state index in [-0.39, 0.29) is 11.8 Å². The van der Waals surface area contributed by atoms with Crippen molar-refractivity contribution >= 4 is 28.8 Å². The second kappa shape index (κ2) is 6.42. The Balaban J connectivity index is 1.67. The fraction of sp³-hybridized carbons (Fsp3) is 0.294. The Morgan fingerprint density at radius 3 is 2.48 bits per heavy atom. The fourth-order valence-corrected chi connectivity index (χ4v) is 3.06. The molecular formula is C17H18N2O3S. The van der Waals surface area contributed by atoms with Gasteiger partial charge in [-0.15, -0.1) is 11.3 Å². The van der Waals surface area contributed by atoms with E-state index in [2.05, 4.69) is 10.6 Å². The Kier molecular flexibility index (Phi) is 4.34. The van der Waals surface area contributed by atoms with Gasteiger partial charge in [0.15, 0.2) is 0 Å². The van der Waals surface area contributed by atoms with E-state index in [1.165, 1.54) is 11.3 Å². The van der Waals surface area contributed by atoms with Gasteiger partial charge in [-0.05, 0) is 50.1 Å². The summed E-state index contributed by atoms with van der Waals surface area (Å²) in [5.41, 5.74) is 1.24. The molecule has 0 saturated heterocycles. The highest BCUT2D eigenvalue weighted by atomic mass is 32.1. The number of benzene rings is 1. The second-order valence-electron chi connectivity index (χ2n) is 5.53. The van der Waals surface area contributed by atoms with Crippen LogP contribution in [0.3, 0.4) is 0 Å². The number of amides is 2. The number of methoxy groups -OCH3 is 1. The standard InChI is InChI=1S/C17H18N2O3S/c1-10-9-14(22-2)15(23-10)17(21)19-12-5-3-11(4-6-12)16(20)18-13-7-8-13/h3-6,9,13H,7-8H2,1-2H3,(H,18,20)(H,19,21). The highest BCUT2D eigenvalue weighted by molar-refractivity contribution is 7.14. The lowest BCUT2D eigenvalue weighted by Gasteiger charge is -2.07. The smallest absolute Gasteiger partial charge is 0.269 e. The molecule has 1 aromatic heterocycles. The van der Waals surface area contributed by atoms with Crippen LogP contribution >= 0.6 is 11.3 Å². The minimum Gasteiger partial charge on any atom is -0.495 e. The summed E-state index contributed by atoms with van der Waals surface area (Å²) in [5.74, 6) is 0.293. The van der Waals surface area contributed by atoms with Gasteiger partial charge >= 0.3 is 0 Å². The van der Waals surface area contributed by atoms with Gasteiger partial charge in [0, 0.05) is 22.2 Å². The van der Waals surface area contributed by atoms with Crippen molar-refractivity contribution in [2.45, 2.75) is 25.8 Å². The summed E-state index contributed by atoms with van der Waals surface area (Å²) in [6.45, 7) is 1.93. The molecule has 23 heavy (non-hydrogen) atoms. The minimum atomic E-state index is -0.213. The van der Waals surface area contributed by atoms with Crippen LogP contribution in [-0.4, -0.2) is 25.0 Å². The van der Waals surface area contributed by atoms with Crippen LogP contribution in [0.1, 0.15) is 37.7 Å². The molecule has 5 nitrogen and oxygen atoms in total. The normalized spacial score (nSPS) is 13.5. The maximum absolute atomic E-state index is 12.3. The van der Waals surface area contributed by atoms with Crippen LogP contribution < -0.4 is 15.4 Å². The quantitative estimate of drug-likeness (QED) is 0.884. The van der Waals surface area contributed by atoms with Crippen LogP contribution in [0.2, 0.25) is 0 Å². The molecule has 1 aromatic carbocycles. The van der Waals surface area contributed by atoms with E-state index in [1.807, 2.05) is 13.0 Å². The summed E-state index contributed by atoms with van der Waals surface area (Å²) >= 11 is 1.39. The number of aryl methyl sites for hydroxylation is 1. The largest absolute Gasteiger partial charge is 0.495 e. The Bertz CT molecular complexity index is 733. The molecule has 1 fully saturated rings. The molecule has 1 aliphatic rings. The van der Waals surface area contributed by atoms with Gasteiger partial charge in [0.2, 0.25) is 0 Å². The molecule has 2 aromatic rings. The molecule has 1 aliphatic carbocycles. The van der Waals surface area contributed by atoms with Crippen molar-refractivity contribution in [2.75, 3.05) is 12.4 Å². The first kappa shape index (κ1) is 15.6.